The summed E-state index contributed by atoms with van der Waals surface area (Å²) in [4.78, 5) is 15.8. The lowest BCUT2D eigenvalue weighted by atomic mass is 9.99. The third-order valence-electron chi connectivity index (χ3n) is 2.34. The largest absolute Gasteiger partial charge is 0.375 e. The summed E-state index contributed by atoms with van der Waals surface area (Å²) in [6.45, 7) is 5.78. The summed E-state index contributed by atoms with van der Waals surface area (Å²) in [7, 11) is 0. The Labute approximate surface area is 82.9 Å². The van der Waals surface area contributed by atoms with Crippen LogP contribution in [0.15, 0.2) is 4.99 Å². The van der Waals surface area contributed by atoms with Crippen molar-refractivity contribution in [3.63, 3.8) is 0 Å². The van der Waals surface area contributed by atoms with Gasteiger partial charge in [-0.1, -0.05) is 13.8 Å². The maximum absolute atomic E-state index is 11.5. The zero-order valence-electron chi connectivity index (χ0n) is 8.46. The van der Waals surface area contributed by atoms with Crippen molar-refractivity contribution in [1.29, 1.82) is 0 Å². The van der Waals surface area contributed by atoms with Crippen molar-refractivity contribution in [2.75, 3.05) is 19.8 Å². The molecule has 0 aromatic heterocycles. The van der Waals surface area contributed by atoms with Crippen LogP contribution in [0.4, 0.5) is 0 Å². The van der Waals surface area contributed by atoms with Crippen LogP contribution in [0.5, 0.6) is 0 Å². The summed E-state index contributed by atoms with van der Waals surface area (Å²) in [6, 6.07) is 0. The van der Waals surface area contributed by atoms with E-state index in [2.05, 4.69) is 29.5 Å². The van der Waals surface area contributed by atoms with Crippen LogP contribution in [-0.2, 0) is 9.53 Å². The van der Waals surface area contributed by atoms with Gasteiger partial charge in [0.2, 0.25) is 0 Å². The molecule has 2 aliphatic heterocycles. The van der Waals surface area contributed by atoms with E-state index in [0.717, 1.165) is 6.54 Å². The molecule has 1 spiro atoms. The second-order valence-electron chi connectivity index (χ2n) is 4.24. The molecule has 0 bridgehead atoms. The van der Waals surface area contributed by atoms with Gasteiger partial charge in [-0.2, -0.15) is 0 Å². The van der Waals surface area contributed by atoms with Gasteiger partial charge in [-0.25, -0.2) is 0 Å². The van der Waals surface area contributed by atoms with E-state index in [0.29, 0.717) is 25.1 Å². The second-order valence-corrected chi connectivity index (χ2v) is 4.24. The predicted molar refractivity (Wildman–Crippen MR) is 52.0 cm³/mol. The Balaban J connectivity index is 1.99. The number of hydrogen-bond acceptors (Lipinski definition) is 3. The topological polar surface area (TPSA) is 62.7 Å². The molecule has 78 valence electrons. The number of hydrogen-bond donors (Lipinski definition) is 2. The van der Waals surface area contributed by atoms with Crippen molar-refractivity contribution in [3.05, 3.63) is 0 Å². The van der Waals surface area contributed by atoms with Gasteiger partial charge in [0.15, 0.2) is 11.5 Å². The van der Waals surface area contributed by atoms with Crippen LogP contribution in [0.1, 0.15) is 13.8 Å². The van der Waals surface area contributed by atoms with Crippen molar-refractivity contribution in [1.82, 2.24) is 10.6 Å². The van der Waals surface area contributed by atoms with Crippen molar-refractivity contribution < 1.29 is 9.53 Å². The van der Waals surface area contributed by atoms with E-state index in [9.17, 15) is 4.79 Å². The molecular formula is C9H15N3O2. The van der Waals surface area contributed by atoms with E-state index >= 15 is 0 Å². The number of rotatable bonds is 2. The standard InChI is InChI=1S/C9H15N3O2/c1-6(2)3-10-8-11-7(13)9(12-8)4-14-5-9/h6H,3-5H2,1-2H3,(H2,10,11,12,13). The summed E-state index contributed by atoms with van der Waals surface area (Å²) in [5, 5.41) is 5.80. The molecule has 2 heterocycles. The highest BCUT2D eigenvalue weighted by molar-refractivity contribution is 6.09. The van der Waals surface area contributed by atoms with Crippen LogP contribution in [-0.4, -0.2) is 37.2 Å². The minimum Gasteiger partial charge on any atom is -0.375 e. The SMILES string of the molecule is CC(C)CN=C1NC(=O)C2(COC2)N1. The van der Waals surface area contributed by atoms with Gasteiger partial charge in [0.25, 0.3) is 5.91 Å². The fourth-order valence-corrected chi connectivity index (χ4v) is 1.40. The highest BCUT2D eigenvalue weighted by atomic mass is 16.5. The van der Waals surface area contributed by atoms with Crippen LogP contribution in [0.2, 0.25) is 0 Å². The van der Waals surface area contributed by atoms with Gasteiger partial charge in [0.05, 0.1) is 13.2 Å². The summed E-state index contributed by atoms with van der Waals surface area (Å²) in [6.07, 6.45) is 0. The minimum atomic E-state index is -0.518. The average Bonchev–Trinajstić information content (AvgIpc) is 2.38. The van der Waals surface area contributed by atoms with Gasteiger partial charge in [-0.05, 0) is 5.92 Å². The number of nitrogens with one attached hydrogen (secondary N) is 2. The Kier molecular flexibility index (Phi) is 2.19. The van der Waals surface area contributed by atoms with Crippen LogP contribution in [0.3, 0.4) is 0 Å². The molecule has 0 aromatic carbocycles. The Morgan fingerprint density at radius 3 is 2.71 bits per heavy atom. The number of carbonyl (C=O) groups excluding carboxylic acids is 1. The lowest BCUT2D eigenvalue weighted by Gasteiger charge is -2.34. The molecular weight excluding hydrogens is 182 g/mol. The van der Waals surface area contributed by atoms with Gasteiger partial charge in [0.1, 0.15) is 0 Å². The van der Waals surface area contributed by atoms with Gasteiger partial charge in [-0.15, -0.1) is 0 Å². The molecule has 1 amide bonds. The maximum atomic E-state index is 11.5. The quantitative estimate of drug-likeness (QED) is 0.626. The summed E-state index contributed by atoms with van der Waals surface area (Å²) in [5.74, 6) is 1.06. The molecule has 0 aliphatic carbocycles. The van der Waals surface area contributed by atoms with Gasteiger partial charge >= 0.3 is 0 Å². The third kappa shape index (κ3) is 1.48. The van der Waals surface area contributed by atoms with E-state index in [1.165, 1.54) is 0 Å². The molecule has 0 unspecified atom stereocenters. The van der Waals surface area contributed by atoms with Crippen molar-refractivity contribution in [2.24, 2.45) is 10.9 Å². The monoisotopic (exact) mass is 197 g/mol. The molecule has 5 heteroatoms. The summed E-state index contributed by atoms with van der Waals surface area (Å²) in [5.41, 5.74) is -0.518. The first-order valence-electron chi connectivity index (χ1n) is 4.84. The van der Waals surface area contributed by atoms with Crippen molar-refractivity contribution in [3.8, 4) is 0 Å². The molecule has 2 saturated heterocycles. The van der Waals surface area contributed by atoms with Gasteiger partial charge in [-0.3, -0.25) is 15.1 Å². The average molecular weight is 197 g/mol. The first-order valence-corrected chi connectivity index (χ1v) is 4.84. The normalized spacial score (nSPS) is 26.5. The Bertz CT molecular complexity index is 282. The number of guanidine groups is 1. The molecule has 2 aliphatic rings. The first-order chi connectivity index (χ1) is 6.62. The van der Waals surface area contributed by atoms with Gasteiger partial charge in [0, 0.05) is 6.54 Å². The number of aliphatic imine (C=N–C) groups is 1. The molecule has 0 radical (unpaired) electrons. The molecule has 14 heavy (non-hydrogen) atoms. The van der Waals surface area contributed by atoms with Crippen LogP contribution < -0.4 is 10.6 Å². The predicted octanol–water partition coefficient (Wildman–Crippen LogP) is -0.513. The van der Waals surface area contributed by atoms with Crippen LogP contribution in [0.25, 0.3) is 0 Å². The molecule has 2 N–H and O–H groups in total. The Hall–Kier alpha value is -1.10. The zero-order chi connectivity index (χ0) is 10.2. The molecule has 0 atom stereocenters. The highest BCUT2D eigenvalue weighted by Crippen LogP contribution is 2.20. The Morgan fingerprint density at radius 1 is 1.57 bits per heavy atom. The van der Waals surface area contributed by atoms with E-state index < -0.39 is 5.54 Å². The highest BCUT2D eigenvalue weighted by Gasteiger charge is 2.51. The first kappa shape index (κ1) is 9.45. The number of amides is 1. The number of carbonyl (C=O) groups is 1. The number of nitrogens with zero attached hydrogens (tertiary/aromatic N) is 1. The minimum absolute atomic E-state index is 0.0220. The van der Waals surface area contributed by atoms with E-state index in [1.807, 2.05) is 0 Å². The lowest BCUT2D eigenvalue weighted by molar-refractivity contribution is -0.141. The molecule has 2 fully saturated rings. The van der Waals surface area contributed by atoms with E-state index in [1.54, 1.807) is 0 Å². The maximum Gasteiger partial charge on any atom is 0.257 e. The van der Waals surface area contributed by atoms with Crippen LogP contribution in [0, 0.1) is 5.92 Å². The van der Waals surface area contributed by atoms with Crippen molar-refractivity contribution in [2.45, 2.75) is 19.4 Å². The fourth-order valence-electron chi connectivity index (χ4n) is 1.40. The fraction of sp³-hybridized carbons (Fsp3) is 0.778. The number of ether oxygens (including phenoxy) is 1. The van der Waals surface area contributed by atoms with E-state index in [-0.39, 0.29) is 5.91 Å². The second kappa shape index (κ2) is 3.24. The zero-order valence-corrected chi connectivity index (χ0v) is 8.46. The van der Waals surface area contributed by atoms with Crippen molar-refractivity contribution >= 4 is 11.9 Å². The van der Waals surface area contributed by atoms with Crippen LogP contribution >= 0.6 is 0 Å². The molecule has 0 aromatic rings. The summed E-state index contributed by atoms with van der Waals surface area (Å²) >= 11 is 0. The molecule has 5 nitrogen and oxygen atoms in total. The lowest BCUT2D eigenvalue weighted by Crippen LogP contribution is -2.62. The third-order valence-corrected chi connectivity index (χ3v) is 2.34. The Morgan fingerprint density at radius 2 is 2.29 bits per heavy atom. The molecule has 2 rings (SSSR count). The van der Waals surface area contributed by atoms with Gasteiger partial charge < -0.3 is 10.1 Å². The smallest absolute Gasteiger partial charge is 0.257 e. The van der Waals surface area contributed by atoms with E-state index in [4.69, 9.17) is 4.74 Å². The molecule has 0 saturated carbocycles. The summed E-state index contributed by atoms with van der Waals surface area (Å²) < 4.78 is 5.03.